The molecule has 0 fully saturated rings. The minimum Gasteiger partial charge on any atom is -0.481 e. The second-order valence-electron chi connectivity index (χ2n) is 8.51. The molecule has 1 aliphatic rings. The molecule has 174 valence electrons. The number of carbonyl (C=O) groups is 3. The van der Waals surface area contributed by atoms with E-state index in [1.54, 1.807) is 6.07 Å². The summed E-state index contributed by atoms with van der Waals surface area (Å²) in [6, 6.07) is 21.9. The Hall–Kier alpha value is -3.97. The maximum Gasteiger partial charge on any atom is 0.323 e. The number of carbonyl (C=O) groups excluding carboxylic acids is 2. The van der Waals surface area contributed by atoms with Crippen LogP contribution in [-0.4, -0.2) is 36.6 Å². The molecule has 3 aromatic rings. The minimum absolute atomic E-state index is 0.0889. The van der Waals surface area contributed by atoms with Crippen LogP contribution >= 0.6 is 0 Å². The predicted octanol–water partition coefficient (Wildman–Crippen LogP) is 5.23. The number of fused-ring (bicyclic) bond motifs is 1. The van der Waals surface area contributed by atoms with Crippen LogP contribution in [0, 0.1) is 5.41 Å². The summed E-state index contributed by atoms with van der Waals surface area (Å²) in [4.78, 5) is 36.8. The monoisotopic (exact) mass is 458 g/mol. The van der Waals surface area contributed by atoms with Crippen LogP contribution in [0.5, 0.6) is 0 Å². The van der Waals surface area contributed by atoms with E-state index < -0.39 is 11.4 Å². The predicted molar refractivity (Wildman–Crippen MR) is 130 cm³/mol. The average molecular weight is 459 g/mol. The largest absolute Gasteiger partial charge is 0.481 e. The van der Waals surface area contributed by atoms with E-state index >= 15 is 0 Å². The highest BCUT2D eigenvalue weighted by atomic mass is 16.5. The number of ether oxygens (including phenoxy) is 1. The van der Waals surface area contributed by atoms with Crippen LogP contribution in [-0.2, 0) is 16.0 Å². The lowest BCUT2D eigenvalue weighted by molar-refractivity contribution is -0.140. The van der Waals surface area contributed by atoms with Crippen LogP contribution in [0.3, 0.4) is 0 Å². The fourth-order valence-electron chi connectivity index (χ4n) is 4.46. The standard InChI is InChI=1S/C27H26N2O5/c1-34-17-27(16-24(30)31)14-13-20-15-19(9-12-23(20)25(27)32)18-7-10-22(11-8-18)29-26(33)28-21-5-3-2-4-6-21/h2-12,15H,13-14,16-17H2,1H3,(H,30,31)(H2,28,29,33). The molecule has 0 saturated heterocycles. The zero-order valence-corrected chi connectivity index (χ0v) is 18.8. The molecule has 0 saturated carbocycles. The first-order chi connectivity index (χ1) is 16.4. The third-order valence-corrected chi connectivity index (χ3v) is 6.12. The molecular formula is C27H26N2O5. The van der Waals surface area contributed by atoms with E-state index in [4.69, 9.17) is 4.74 Å². The van der Waals surface area contributed by atoms with Crippen LogP contribution in [0.1, 0.15) is 28.8 Å². The summed E-state index contributed by atoms with van der Waals surface area (Å²) in [5, 5.41) is 14.9. The Morgan fingerprint density at radius 3 is 2.24 bits per heavy atom. The SMILES string of the molecule is COCC1(CC(=O)O)CCc2cc(-c3ccc(NC(=O)Nc4ccccc4)cc3)ccc2C1=O. The van der Waals surface area contributed by atoms with Gasteiger partial charge in [0.25, 0.3) is 0 Å². The summed E-state index contributed by atoms with van der Waals surface area (Å²) in [6.07, 6.45) is 0.792. The van der Waals surface area contributed by atoms with Crippen molar-refractivity contribution in [3.8, 4) is 11.1 Å². The van der Waals surface area contributed by atoms with E-state index in [1.807, 2.05) is 66.7 Å². The average Bonchev–Trinajstić information content (AvgIpc) is 2.82. The molecule has 2 amide bonds. The molecule has 3 N–H and O–H groups in total. The summed E-state index contributed by atoms with van der Waals surface area (Å²) < 4.78 is 5.22. The van der Waals surface area contributed by atoms with Gasteiger partial charge >= 0.3 is 12.0 Å². The van der Waals surface area contributed by atoms with Gasteiger partial charge in [-0.05, 0) is 53.8 Å². The Labute approximate surface area is 197 Å². The number of benzene rings is 3. The number of urea groups is 1. The third kappa shape index (κ3) is 5.00. The number of carboxylic acids is 1. The Morgan fingerprint density at radius 1 is 0.941 bits per heavy atom. The number of aliphatic carboxylic acids is 1. The van der Waals surface area contributed by atoms with Gasteiger partial charge in [0.15, 0.2) is 5.78 Å². The van der Waals surface area contributed by atoms with Crippen molar-refractivity contribution in [1.82, 2.24) is 0 Å². The van der Waals surface area contributed by atoms with Crippen molar-refractivity contribution in [2.75, 3.05) is 24.4 Å². The molecule has 0 heterocycles. The molecule has 0 spiro atoms. The van der Waals surface area contributed by atoms with Gasteiger partial charge in [-0.25, -0.2) is 4.79 Å². The first-order valence-electron chi connectivity index (χ1n) is 11.0. The topological polar surface area (TPSA) is 105 Å². The molecule has 0 aliphatic heterocycles. The number of aryl methyl sites for hydroxylation is 1. The van der Waals surface area contributed by atoms with E-state index in [-0.39, 0.29) is 24.8 Å². The Morgan fingerprint density at radius 2 is 1.59 bits per heavy atom. The van der Waals surface area contributed by atoms with Crippen molar-refractivity contribution in [2.45, 2.75) is 19.3 Å². The van der Waals surface area contributed by atoms with Gasteiger partial charge in [0.2, 0.25) is 0 Å². The molecule has 1 aliphatic carbocycles. The highest BCUT2D eigenvalue weighted by Gasteiger charge is 2.44. The summed E-state index contributed by atoms with van der Waals surface area (Å²) >= 11 is 0. The van der Waals surface area contributed by atoms with Crippen LogP contribution < -0.4 is 10.6 Å². The van der Waals surface area contributed by atoms with Crippen molar-refractivity contribution >= 4 is 29.2 Å². The second-order valence-corrected chi connectivity index (χ2v) is 8.51. The van der Waals surface area contributed by atoms with Crippen LogP contribution in [0.25, 0.3) is 11.1 Å². The van der Waals surface area contributed by atoms with Crippen molar-refractivity contribution in [3.05, 3.63) is 83.9 Å². The van der Waals surface area contributed by atoms with E-state index in [1.165, 1.54) is 7.11 Å². The smallest absolute Gasteiger partial charge is 0.323 e. The first-order valence-corrected chi connectivity index (χ1v) is 11.0. The minimum atomic E-state index is -1.03. The highest BCUT2D eigenvalue weighted by Crippen LogP contribution is 2.40. The van der Waals surface area contributed by atoms with Gasteiger partial charge in [-0.15, -0.1) is 0 Å². The van der Waals surface area contributed by atoms with Crippen molar-refractivity contribution < 1.29 is 24.2 Å². The molecule has 1 unspecified atom stereocenters. The van der Waals surface area contributed by atoms with Crippen molar-refractivity contribution in [2.24, 2.45) is 5.41 Å². The van der Waals surface area contributed by atoms with Gasteiger partial charge in [-0.3, -0.25) is 9.59 Å². The number of anilines is 2. The third-order valence-electron chi connectivity index (χ3n) is 6.12. The van der Waals surface area contributed by atoms with Crippen LogP contribution in [0.4, 0.5) is 16.2 Å². The molecule has 7 heteroatoms. The van der Waals surface area contributed by atoms with Crippen LogP contribution in [0.2, 0.25) is 0 Å². The van der Waals surface area contributed by atoms with Gasteiger partial charge in [0.1, 0.15) is 0 Å². The quantitative estimate of drug-likeness (QED) is 0.449. The number of hydrogen-bond donors (Lipinski definition) is 3. The molecule has 0 bridgehead atoms. The number of rotatable bonds is 7. The number of Topliss-reactive ketones (excluding diaryl/α,β-unsaturated/α-hetero) is 1. The number of ketones is 1. The van der Waals surface area contributed by atoms with E-state index in [9.17, 15) is 19.5 Å². The fraction of sp³-hybridized carbons (Fsp3) is 0.222. The van der Waals surface area contributed by atoms with Crippen molar-refractivity contribution in [3.63, 3.8) is 0 Å². The number of para-hydroxylation sites is 1. The molecular weight excluding hydrogens is 432 g/mol. The van der Waals surface area contributed by atoms with Gasteiger partial charge < -0.3 is 20.5 Å². The molecule has 3 aromatic carbocycles. The maximum absolute atomic E-state index is 13.2. The molecule has 0 aromatic heterocycles. The molecule has 34 heavy (non-hydrogen) atoms. The zero-order chi connectivity index (χ0) is 24.1. The summed E-state index contributed by atoms with van der Waals surface area (Å²) in [5.41, 5.74) is 3.70. The van der Waals surface area contributed by atoms with Crippen molar-refractivity contribution in [1.29, 1.82) is 0 Å². The fourth-order valence-corrected chi connectivity index (χ4v) is 4.46. The normalized spacial score (nSPS) is 17.0. The number of amides is 2. The maximum atomic E-state index is 13.2. The van der Waals surface area contributed by atoms with E-state index in [0.717, 1.165) is 16.7 Å². The molecule has 7 nitrogen and oxygen atoms in total. The lowest BCUT2D eigenvalue weighted by atomic mass is 9.68. The summed E-state index contributed by atoms with van der Waals surface area (Å²) in [5.74, 6) is -1.18. The van der Waals surface area contributed by atoms with Crippen LogP contribution in [0.15, 0.2) is 72.8 Å². The molecule has 1 atom stereocenters. The number of carboxylic acid groups (broad SMARTS) is 1. The Bertz CT molecular complexity index is 1210. The number of nitrogens with one attached hydrogen (secondary N) is 2. The van der Waals surface area contributed by atoms with Gasteiger partial charge in [0, 0.05) is 24.0 Å². The Balaban J connectivity index is 1.48. The Kier molecular flexibility index (Phi) is 6.75. The van der Waals surface area contributed by atoms with E-state index in [0.29, 0.717) is 29.8 Å². The number of hydrogen-bond acceptors (Lipinski definition) is 4. The van der Waals surface area contributed by atoms with E-state index in [2.05, 4.69) is 10.6 Å². The van der Waals surface area contributed by atoms with Gasteiger partial charge in [-0.2, -0.15) is 0 Å². The first kappa shape index (κ1) is 23.2. The highest BCUT2D eigenvalue weighted by molar-refractivity contribution is 6.05. The number of methoxy groups -OCH3 is 1. The lowest BCUT2D eigenvalue weighted by Crippen LogP contribution is -2.41. The summed E-state index contributed by atoms with van der Waals surface area (Å²) in [6.45, 7) is 0.0889. The second kappa shape index (κ2) is 9.89. The molecule has 0 radical (unpaired) electrons. The lowest BCUT2D eigenvalue weighted by Gasteiger charge is -2.35. The zero-order valence-electron chi connectivity index (χ0n) is 18.8. The molecule has 4 rings (SSSR count). The van der Waals surface area contributed by atoms with Gasteiger partial charge in [0.05, 0.1) is 18.4 Å². The summed E-state index contributed by atoms with van der Waals surface area (Å²) in [7, 11) is 1.49. The van der Waals surface area contributed by atoms with Gasteiger partial charge in [-0.1, -0.05) is 48.5 Å².